The van der Waals surface area contributed by atoms with Gasteiger partial charge in [0, 0.05) is 0 Å². The number of hydrogen-bond donors (Lipinski definition) is 0. The van der Waals surface area contributed by atoms with E-state index in [4.69, 9.17) is 4.74 Å². The second-order valence-electron chi connectivity index (χ2n) is 3.97. The molecule has 0 bridgehead atoms. The third kappa shape index (κ3) is 3.36. The predicted octanol–water partition coefficient (Wildman–Crippen LogP) is 3.29. The van der Waals surface area contributed by atoms with Gasteiger partial charge in [0.2, 0.25) is 0 Å². The van der Waals surface area contributed by atoms with Crippen molar-refractivity contribution in [2.45, 2.75) is 33.0 Å². The zero-order valence-electron chi connectivity index (χ0n) is 8.72. The van der Waals surface area contributed by atoms with Gasteiger partial charge in [-0.25, -0.2) is 0 Å². The molecule has 1 rings (SSSR count). The molecule has 0 amide bonds. The van der Waals surface area contributed by atoms with Crippen molar-refractivity contribution < 1.29 is 4.74 Å². The quantitative estimate of drug-likeness (QED) is 0.659. The molecule has 0 radical (unpaired) electrons. The zero-order valence-corrected chi connectivity index (χ0v) is 9.87. The Morgan fingerprint density at radius 1 is 1.23 bits per heavy atom. The van der Waals surface area contributed by atoms with E-state index in [9.17, 15) is 0 Å². The SMILES string of the molecule is Cc1ccc(OC(C)(C)P)c(C)c1. The monoisotopic (exact) mass is 196 g/mol. The molecule has 0 saturated heterocycles. The molecule has 0 aliphatic carbocycles. The fourth-order valence-electron chi connectivity index (χ4n) is 1.20. The van der Waals surface area contributed by atoms with Crippen LogP contribution in [0.1, 0.15) is 25.0 Å². The van der Waals surface area contributed by atoms with Crippen molar-refractivity contribution in [3.05, 3.63) is 29.3 Å². The lowest BCUT2D eigenvalue weighted by atomic mass is 10.1. The highest BCUT2D eigenvalue weighted by Crippen LogP contribution is 2.26. The van der Waals surface area contributed by atoms with Gasteiger partial charge in [0.15, 0.2) is 0 Å². The first-order valence-electron chi connectivity index (χ1n) is 4.43. The van der Waals surface area contributed by atoms with Crippen molar-refractivity contribution in [2.24, 2.45) is 0 Å². The van der Waals surface area contributed by atoms with Gasteiger partial charge in [0.25, 0.3) is 0 Å². The molecule has 72 valence electrons. The van der Waals surface area contributed by atoms with E-state index < -0.39 is 0 Å². The normalized spacial score (nSPS) is 11.5. The van der Waals surface area contributed by atoms with E-state index in [0.717, 1.165) is 5.75 Å². The Kier molecular flexibility index (Phi) is 2.98. The number of hydrogen-bond acceptors (Lipinski definition) is 1. The van der Waals surface area contributed by atoms with Crippen molar-refractivity contribution in [3.63, 3.8) is 0 Å². The summed E-state index contributed by atoms with van der Waals surface area (Å²) in [6.07, 6.45) is 0. The smallest absolute Gasteiger partial charge is 0.123 e. The van der Waals surface area contributed by atoms with Crippen LogP contribution in [0.5, 0.6) is 5.75 Å². The van der Waals surface area contributed by atoms with E-state index in [1.165, 1.54) is 11.1 Å². The fourth-order valence-corrected chi connectivity index (χ4v) is 1.32. The van der Waals surface area contributed by atoms with E-state index in [1.807, 2.05) is 19.9 Å². The van der Waals surface area contributed by atoms with Crippen LogP contribution < -0.4 is 4.74 Å². The van der Waals surface area contributed by atoms with E-state index in [-0.39, 0.29) is 5.34 Å². The van der Waals surface area contributed by atoms with Crippen LogP contribution in [-0.4, -0.2) is 5.34 Å². The van der Waals surface area contributed by atoms with Crippen LogP contribution >= 0.6 is 9.24 Å². The molecule has 1 aromatic carbocycles. The average molecular weight is 196 g/mol. The highest BCUT2D eigenvalue weighted by Gasteiger charge is 2.12. The highest BCUT2D eigenvalue weighted by atomic mass is 31.0. The van der Waals surface area contributed by atoms with E-state index in [1.54, 1.807) is 0 Å². The zero-order chi connectivity index (χ0) is 10.1. The number of rotatable bonds is 2. The molecule has 1 atom stereocenters. The van der Waals surface area contributed by atoms with Gasteiger partial charge in [-0.05, 0) is 39.3 Å². The molecular weight excluding hydrogens is 179 g/mol. The summed E-state index contributed by atoms with van der Waals surface area (Å²) in [6.45, 7) is 8.20. The Labute approximate surface area is 82.7 Å². The summed E-state index contributed by atoms with van der Waals surface area (Å²) in [5, 5.41) is -0.194. The summed E-state index contributed by atoms with van der Waals surface area (Å²) in [5.74, 6) is 0.964. The van der Waals surface area contributed by atoms with Gasteiger partial charge in [-0.3, -0.25) is 0 Å². The van der Waals surface area contributed by atoms with Gasteiger partial charge in [0.05, 0.1) is 0 Å². The maximum absolute atomic E-state index is 5.75. The average Bonchev–Trinajstić information content (AvgIpc) is 1.93. The van der Waals surface area contributed by atoms with Crippen LogP contribution in [0.25, 0.3) is 0 Å². The molecule has 0 N–H and O–H groups in total. The van der Waals surface area contributed by atoms with Crippen LogP contribution in [0, 0.1) is 13.8 Å². The van der Waals surface area contributed by atoms with Crippen molar-refractivity contribution in [1.29, 1.82) is 0 Å². The van der Waals surface area contributed by atoms with Gasteiger partial charge in [-0.1, -0.05) is 26.9 Å². The van der Waals surface area contributed by atoms with Crippen molar-refractivity contribution >= 4 is 9.24 Å². The highest BCUT2D eigenvalue weighted by molar-refractivity contribution is 7.18. The Balaban J connectivity index is 2.90. The topological polar surface area (TPSA) is 9.23 Å². The third-order valence-electron chi connectivity index (χ3n) is 1.70. The number of ether oxygens (including phenoxy) is 1. The summed E-state index contributed by atoms with van der Waals surface area (Å²) in [5.41, 5.74) is 2.46. The van der Waals surface area contributed by atoms with E-state index in [0.29, 0.717) is 0 Å². The first kappa shape index (κ1) is 10.5. The molecule has 2 heteroatoms. The van der Waals surface area contributed by atoms with Crippen LogP contribution in [0.4, 0.5) is 0 Å². The van der Waals surface area contributed by atoms with Crippen LogP contribution in [0.2, 0.25) is 0 Å². The fraction of sp³-hybridized carbons (Fsp3) is 0.455. The number of aryl methyl sites for hydroxylation is 2. The molecule has 0 spiro atoms. The summed E-state index contributed by atoms with van der Waals surface area (Å²) >= 11 is 0. The van der Waals surface area contributed by atoms with Crippen LogP contribution in [0.15, 0.2) is 18.2 Å². The van der Waals surface area contributed by atoms with Gasteiger partial charge in [-0.2, -0.15) is 0 Å². The van der Waals surface area contributed by atoms with Gasteiger partial charge in [-0.15, -0.1) is 0 Å². The van der Waals surface area contributed by atoms with Crippen molar-refractivity contribution in [2.75, 3.05) is 0 Å². The minimum absolute atomic E-state index is 0.194. The molecule has 0 aliphatic heterocycles. The summed E-state index contributed by atoms with van der Waals surface area (Å²) < 4.78 is 5.75. The maximum Gasteiger partial charge on any atom is 0.123 e. The lowest BCUT2D eigenvalue weighted by molar-refractivity contribution is 0.204. The Hall–Kier alpha value is -0.550. The molecule has 0 fully saturated rings. The van der Waals surface area contributed by atoms with Gasteiger partial charge >= 0.3 is 0 Å². The molecule has 0 aromatic heterocycles. The Morgan fingerprint density at radius 2 is 1.85 bits per heavy atom. The minimum Gasteiger partial charge on any atom is -0.484 e. The third-order valence-corrected chi connectivity index (χ3v) is 1.82. The molecule has 1 nitrogen and oxygen atoms in total. The first-order chi connectivity index (χ1) is 5.88. The first-order valence-corrected chi connectivity index (χ1v) is 5.01. The lowest BCUT2D eigenvalue weighted by Gasteiger charge is -2.22. The maximum atomic E-state index is 5.75. The van der Waals surface area contributed by atoms with Crippen molar-refractivity contribution in [1.82, 2.24) is 0 Å². The largest absolute Gasteiger partial charge is 0.484 e. The second-order valence-corrected chi connectivity index (χ2v) is 5.36. The minimum atomic E-state index is -0.194. The second kappa shape index (κ2) is 3.67. The summed E-state index contributed by atoms with van der Waals surface area (Å²) in [7, 11) is 2.68. The molecule has 13 heavy (non-hydrogen) atoms. The van der Waals surface area contributed by atoms with Gasteiger partial charge < -0.3 is 4.74 Å². The Morgan fingerprint density at radius 3 is 2.31 bits per heavy atom. The molecular formula is C11H17OP. The molecule has 0 aliphatic rings. The van der Waals surface area contributed by atoms with Crippen molar-refractivity contribution in [3.8, 4) is 5.75 Å². The van der Waals surface area contributed by atoms with Gasteiger partial charge in [0.1, 0.15) is 11.1 Å². The molecule has 0 heterocycles. The summed E-state index contributed by atoms with van der Waals surface area (Å²) in [4.78, 5) is 0. The number of benzene rings is 1. The van der Waals surface area contributed by atoms with E-state index >= 15 is 0 Å². The van der Waals surface area contributed by atoms with Crippen LogP contribution in [0.3, 0.4) is 0 Å². The predicted molar refractivity (Wildman–Crippen MR) is 60.3 cm³/mol. The molecule has 0 saturated carbocycles. The standard InChI is InChI=1S/C11H17OP/c1-8-5-6-10(9(2)7-8)12-11(3,4)13/h5-7H,13H2,1-4H3. The summed E-state index contributed by atoms with van der Waals surface area (Å²) in [6, 6.07) is 6.22. The Bertz CT molecular complexity index is 299. The molecule has 1 unspecified atom stereocenters. The molecule has 1 aromatic rings. The lowest BCUT2D eigenvalue weighted by Crippen LogP contribution is -2.19. The van der Waals surface area contributed by atoms with Crippen LogP contribution in [-0.2, 0) is 0 Å². The van der Waals surface area contributed by atoms with E-state index in [2.05, 4.69) is 35.2 Å².